The predicted octanol–water partition coefficient (Wildman–Crippen LogP) is 0.550. The Kier molecular flexibility index (Phi) is 4.97. The number of likely N-dealkylation sites (N-methyl/N-ethyl adjacent to an activating group) is 1. The molecule has 1 saturated heterocycles. The zero-order chi connectivity index (χ0) is 13.0. The van der Waals surface area contributed by atoms with Crippen molar-refractivity contribution in [2.24, 2.45) is 5.92 Å². The van der Waals surface area contributed by atoms with Gasteiger partial charge in [0.05, 0.1) is 0 Å². The molecule has 1 aliphatic carbocycles. The van der Waals surface area contributed by atoms with Gasteiger partial charge in [-0.1, -0.05) is 0 Å². The fourth-order valence-electron chi connectivity index (χ4n) is 2.49. The van der Waals surface area contributed by atoms with E-state index < -0.39 is 12.0 Å². The van der Waals surface area contributed by atoms with E-state index in [2.05, 4.69) is 10.2 Å². The quantitative estimate of drug-likeness (QED) is 0.696. The van der Waals surface area contributed by atoms with E-state index in [9.17, 15) is 9.90 Å². The zero-order valence-corrected chi connectivity index (χ0v) is 11.1. The first-order valence-corrected chi connectivity index (χ1v) is 6.90. The van der Waals surface area contributed by atoms with Gasteiger partial charge in [0.2, 0.25) is 0 Å². The van der Waals surface area contributed by atoms with Crippen molar-refractivity contribution < 1.29 is 14.6 Å². The van der Waals surface area contributed by atoms with Gasteiger partial charge in [0.15, 0.2) is 0 Å². The Morgan fingerprint density at radius 1 is 1.39 bits per heavy atom. The molecule has 0 radical (unpaired) electrons. The highest BCUT2D eigenvalue weighted by Crippen LogP contribution is 2.20. The van der Waals surface area contributed by atoms with Gasteiger partial charge in [-0.05, 0) is 38.6 Å². The minimum atomic E-state index is -0.735. The van der Waals surface area contributed by atoms with E-state index in [4.69, 9.17) is 4.74 Å². The number of hydrogen-bond donors (Lipinski definition) is 2. The Morgan fingerprint density at radius 3 is 2.61 bits per heavy atom. The molecule has 2 fully saturated rings. The fraction of sp³-hybridized carbons (Fsp3) is 0.923. The van der Waals surface area contributed by atoms with E-state index >= 15 is 0 Å². The number of rotatable bonds is 7. The van der Waals surface area contributed by atoms with E-state index in [0.717, 1.165) is 45.4 Å². The third-order valence-corrected chi connectivity index (χ3v) is 3.72. The molecule has 0 spiro atoms. The van der Waals surface area contributed by atoms with Crippen molar-refractivity contribution in [2.75, 3.05) is 33.4 Å². The van der Waals surface area contributed by atoms with Crippen molar-refractivity contribution >= 4 is 5.97 Å². The van der Waals surface area contributed by atoms with Gasteiger partial charge in [0.1, 0.15) is 6.04 Å². The average molecular weight is 256 g/mol. The van der Waals surface area contributed by atoms with Crippen molar-refractivity contribution in [2.45, 2.75) is 37.8 Å². The van der Waals surface area contributed by atoms with Crippen LogP contribution < -0.4 is 5.32 Å². The summed E-state index contributed by atoms with van der Waals surface area (Å²) in [6.07, 6.45) is 4.43. The highest BCUT2D eigenvalue weighted by molar-refractivity contribution is 5.73. The Bertz CT molecular complexity index is 275. The third-order valence-electron chi connectivity index (χ3n) is 3.72. The summed E-state index contributed by atoms with van der Waals surface area (Å²) in [5, 5.41) is 12.4. The number of carboxylic acids is 1. The van der Waals surface area contributed by atoms with E-state index in [-0.39, 0.29) is 0 Å². The summed E-state index contributed by atoms with van der Waals surface area (Å²) in [7, 11) is 2.01. The lowest BCUT2D eigenvalue weighted by Crippen LogP contribution is -2.47. The molecule has 2 aliphatic rings. The van der Waals surface area contributed by atoms with Gasteiger partial charge in [-0.3, -0.25) is 4.79 Å². The fourth-order valence-corrected chi connectivity index (χ4v) is 2.49. The summed E-state index contributed by atoms with van der Waals surface area (Å²) in [6, 6.07) is 0.00456. The smallest absolute Gasteiger partial charge is 0.322 e. The van der Waals surface area contributed by atoms with Crippen LogP contribution in [0.15, 0.2) is 0 Å². The largest absolute Gasteiger partial charge is 0.480 e. The van der Waals surface area contributed by atoms with Crippen LogP contribution >= 0.6 is 0 Å². The van der Waals surface area contributed by atoms with Crippen LogP contribution in [0.25, 0.3) is 0 Å². The normalized spacial score (nSPS) is 23.2. The lowest BCUT2D eigenvalue weighted by Gasteiger charge is -2.28. The standard InChI is InChI=1S/C13H24N2O3/c1-15(8-10-4-6-18-7-5-10)9-12(13(16)17)14-11-2-3-11/h10-12,14H,2-9H2,1H3,(H,16,17). The van der Waals surface area contributed by atoms with Gasteiger partial charge in [0.25, 0.3) is 0 Å². The van der Waals surface area contributed by atoms with Crippen molar-refractivity contribution in [1.29, 1.82) is 0 Å². The first-order chi connectivity index (χ1) is 8.65. The van der Waals surface area contributed by atoms with Crippen LogP contribution in [-0.2, 0) is 9.53 Å². The molecule has 5 nitrogen and oxygen atoms in total. The Hall–Kier alpha value is -0.650. The van der Waals surface area contributed by atoms with Crippen LogP contribution in [-0.4, -0.2) is 61.4 Å². The van der Waals surface area contributed by atoms with Crippen LogP contribution in [0.3, 0.4) is 0 Å². The van der Waals surface area contributed by atoms with Crippen LogP contribution in [0.5, 0.6) is 0 Å². The third kappa shape index (κ3) is 4.55. The Labute approximate surface area is 108 Å². The van der Waals surface area contributed by atoms with E-state index in [0.29, 0.717) is 18.5 Å². The molecule has 0 aromatic carbocycles. The van der Waals surface area contributed by atoms with Crippen molar-refractivity contribution in [3.8, 4) is 0 Å². The number of nitrogens with zero attached hydrogens (tertiary/aromatic N) is 1. The molecule has 0 amide bonds. The number of carboxylic acid groups (broad SMARTS) is 1. The van der Waals surface area contributed by atoms with Crippen LogP contribution in [0.1, 0.15) is 25.7 Å². The first kappa shape index (κ1) is 13.8. The molecule has 1 heterocycles. The molecular formula is C13H24N2O3. The second-order valence-corrected chi connectivity index (χ2v) is 5.61. The lowest BCUT2D eigenvalue weighted by atomic mass is 10.00. The van der Waals surface area contributed by atoms with Crippen LogP contribution in [0, 0.1) is 5.92 Å². The van der Waals surface area contributed by atoms with Crippen LogP contribution in [0.2, 0.25) is 0 Å². The first-order valence-electron chi connectivity index (χ1n) is 6.90. The van der Waals surface area contributed by atoms with Crippen molar-refractivity contribution in [3.05, 3.63) is 0 Å². The summed E-state index contributed by atoms with van der Waals surface area (Å²) >= 11 is 0. The molecule has 104 valence electrons. The highest BCUT2D eigenvalue weighted by atomic mass is 16.5. The predicted molar refractivity (Wildman–Crippen MR) is 68.6 cm³/mol. The summed E-state index contributed by atoms with van der Waals surface area (Å²) in [5.41, 5.74) is 0. The van der Waals surface area contributed by atoms with Gasteiger partial charge >= 0.3 is 5.97 Å². The molecule has 0 aromatic rings. The number of carbonyl (C=O) groups is 1. The van der Waals surface area contributed by atoms with Gasteiger partial charge in [0, 0.05) is 32.3 Å². The molecule has 18 heavy (non-hydrogen) atoms. The van der Waals surface area contributed by atoms with E-state index in [1.165, 1.54) is 0 Å². The van der Waals surface area contributed by atoms with Gasteiger partial charge in [-0.2, -0.15) is 0 Å². The maximum atomic E-state index is 11.2. The Morgan fingerprint density at radius 2 is 2.06 bits per heavy atom. The minimum absolute atomic E-state index is 0.428. The summed E-state index contributed by atoms with van der Waals surface area (Å²) in [5.74, 6) is -0.0835. The molecular weight excluding hydrogens is 232 g/mol. The van der Waals surface area contributed by atoms with Gasteiger partial charge in [-0.15, -0.1) is 0 Å². The molecule has 2 N–H and O–H groups in total. The molecule has 1 unspecified atom stereocenters. The zero-order valence-electron chi connectivity index (χ0n) is 11.1. The van der Waals surface area contributed by atoms with Gasteiger partial charge < -0.3 is 20.1 Å². The Balaban J connectivity index is 1.72. The number of hydrogen-bond acceptors (Lipinski definition) is 4. The number of aliphatic carboxylic acids is 1. The maximum absolute atomic E-state index is 11.2. The molecule has 1 aliphatic heterocycles. The van der Waals surface area contributed by atoms with E-state index in [1.54, 1.807) is 0 Å². The summed E-state index contributed by atoms with van der Waals surface area (Å²) < 4.78 is 5.34. The van der Waals surface area contributed by atoms with E-state index in [1.807, 2.05) is 7.05 Å². The number of ether oxygens (including phenoxy) is 1. The van der Waals surface area contributed by atoms with Crippen LogP contribution in [0.4, 0.5) is 0 Å². The molecule has 0 bridgehead atoms. The SMILES string of the molecule is CN(CC1CCOCC1)CC(NC1CC1)C(=O)O. The topological polar surface area (TPSA) is 61.8 Å². The molecule has 0 aromatic heterocycles. The van der Waals surface area contributed by atoms with Crippen molar-refractivity contribution in [3.63, 3.8) is 0 Å². The second kappa shape index (κ2) is 6.50. The molecule has 5 heteroatoms. The molecule has 2 rings (SSSR count). The molecule has 1 atom stereocenters. The second-order valence-electron chi connectivity index (χ2n) is 5.61. The van der Waals surface area contributed by atoms with Gasteiger partial charge in [-0.25, -0.2) is 0 Å². The lowest BCUT2D eigenvalue weighted by molar-refractivity contribution is -0.140. The minimum Gasteiger partial charge on any atom is -0.480 e. The maximum Gasteiger partial charge on any atom is 0.322 e. The average Bonchev–Trinajstić information content (AvgIpc) is 3.13. The highest BCUT2D eigenvalue weighted by Gasteiger charge is 2.29. The number of nitrogens with one attached hydrogen (secondary N) is 1. The molecule has 1 saturated carbocycles. The van der Waals surface area contributed by atoms with Crippen molar-refractivity contribution in [1.82, 2.24) is 10.2 Å². The summed E-state index contributed by atoms with van der Waals surface area (Å²) in [4.78, 5) is 13.3. The monoisotopic (exact) mass is 256 g/mol. The summed E-state index contributed by atoms with van der Waals surface area (Å²) in [6.45, 7) is 3.26.